The molecule has 1 aliphatic rings. The number of ketones is 1. The van der Waals surface area contributed by atoms with Crippen molar-refractivity contribution in [3.05, 3.63) is 53.1 Å². The fourth-order valence-electron chi connectivity index (χ4n) is 2.97. The van der Waals surface area contributed by atoms with Gasteiger partial charge in [0.2, 0.25) is 5.82 Å². The zero-order chi connectivity index (χ0) is 16.4. The standard InChI is InChI=1S/C17H15N3O3/c1-2-23-17(22)16-19-8-9-20(16)14-10-13-11(6-7-18)4-3-5-12(13)15(14)21/h3-5,8-9,14H,2,6,10H2,1H3. The summed E-state index contributed by atoms with van der Waals surface area (Å²) >= 11 is 0. The maximum atomic E-state index is 12.7. The van der Waals surface area contributed by atoms with Gasteiger partial charge in [0.15, 0.2) is 5.78 Å². The lowest BCUT2D eigenvalue weighted by atomic mass is 10.0. The molecule has 1 heterocycles. The molecule has 1 unspecified atom stereocenters. The number of fused-ring (bicyclic) bond motifs is 1. The van der Waals surface area contributed by atoms with E-state index >= 15 is 0 Å². The van der Waals surface area contributed by atoms with E-state index in [1.165, 1.54) is 6.20 Å². The summed E-state index contributed by atoms with van der Waals surface area (Å²) in [6.07, 6.45) is 3.82. The van der Waals surface area contributed by atoms with Gasteiger partial charge in [0.1, 0.15) is 6.04 Å². The first-order chi connectivity index (χ1) is 11.2. The van der Waals surface area contributed by atoms with Crippen LogP contribution in [0.25, 0.3) is 0 Å². The van der Waals surface area contributed by atoms with Crippen molar-refractivity contribution in [2.45, 2.75) is 25.8 Å². The predicted octanol–water partition coefficient (Wildman–Crippen LogP) is 2.11. The lowest BCUT2D eigenvalue weighted by Gasteiger charge is -2.13. The molecule has 116 valence electrons. The highest BCUT2D eigenvalue weighted by Gasteiger charge is 2.35. The van der Waals surface area contributed by atoms with Crippen molar-refractivity contribution in [1.29, 1.82) is 5.26 Å². The quantitative estimate of drug-likeness (QED) is 0.807. The van der Waals surface area contributed by atoms with E-state index in [0.29, 0.717) is 12.0 Å². The van der Waals surface area contributed by atoms with Gasteiger partial charge >= 0.3 is 5.97 Å². The topological polar surface area (TPSA) is 85.0 Å². The van der Waals surface area contributed by atoms with Crippen LogP contribution in [0.4, 0.5) is 0 Å². The number of esters is 1. The monoisotopic (exact) mass is 309 g/mol. The van der Waals surface area contributed by atoms with Crippen molar-refractivity contribution < 1.29 is 14.3 Å². The summed E-state index contributed by atoms with van der Waals surface area (Å²) in [6, 6.07) is 7.00. The summed E-state index contributed by atoms with van der Waals surface area (Å²) in [5.41, 5.74) is 2.36. The van der Waals surface area contributed by atoms with E-state index < -0.39 is 12.0 Å². The average Bonchev–Trinajstić information content (AvgIpc) is 3.14. The second-order valence-corrected chi connectivity index (χ2v) is 5.24. The number of Topliss-reactive ketones (excluding diaryl/α,β-unsaturated/α-hetero) is 1. The molecule has 0 bridgehead atoms. The molecule has 0 N–H and O–H groups in total. The Bertz CT molecular complexity index is 817. The fraction of sp³-hybridized carbons (Fsp3) is 0.294. The molecule has 0 fully saturated rings. The average molecular weight is 309 g/mol. The molecular formula is C17H15N3O3. The Morgan fingerprint density at radius 1 is 1.52 bits per heavy atom. The Balaban J connectivity index is 1.98. The fourth-order valence-corrected chi connectivity index (χ4v) is 2.97. The predicted molar refractivity (Wildman–Crippen MR) is 81.0 cm³/mol. The number of hydrogen-bond acceptors (Lipinski definition) is 5. The second-order valence-electron chi connectivity index (χ2n) is 5.24. The van der Waals surface area contributed by atoms with E-state index in [4.69, 9.17) is 10.00 Å². The third kappa shape index (κ3) is 2.50. The van der Waals surface area contributed by atoms with Crippen LogP contribution in [0.5, 0.6) is 0 Å². The second kappa shape index (κ2) is 6.05. The van der Waals surface area contributed by atoms with Gasteiger partial charge in [-0.2, -0.15) is 5.26 Å². The first-order valence-electron chi connectivity index (χ1n) is 7.39. The SMILES string of the molecule is CCOC(=O)c1nccn1C1Cc2c(CC#N)cccc2C1=O. The molecule has 0 spiro atoms. The van der Waals surface area contributed by atoms with Crippen molar-refractivity contribution in [2.75, 3.05) is 6.61 Å². The minimum atomic E-state index is -0.543. The highest BCUT2D eigenvalue weighted by molar-refractivity contribution is 6.04. The number of imidazole rings is 1. The Kier molecular flexibility index (Phi) is 3.94. The molecule has 0 amide bonds. The summed E-state index contributed by atoms with van der Waals surface area (Å²) in [4.78, 5) is 28.7. The largest absolute Gasteiger partial charge is 0.460 e. The molecule has 0 radical (unpaired) electrons. The number of ether oxygens (including phenoxy) is 1. The summed E-state index contributed by atoms with van der Waals surface area (Å²) in [6.45, 7) is 1.97. The minimum absolute atomic E-state index is 0.0664. The molecular weight excluding hydrogens is 294 g/mol. The Morgan fingerprint density at radius 3 is 3.09 bits per heavy atom. The van der Waals surface area contributed by atoms with Crippen molar-refractivity contribution in [3.63, 3.8) is 0 Å². The Labute approximate surface area is 133 Å². The van der Waals surface area contributed by atoms with Crippen molar-refractivity contribution in [3.8, 4) is 6.07 Å². The van der Waals surface area contributed by atoms with Crippen LogP contribution in [0, 0.1) is 11.3 Å². The van der Waals surface area contributed by atoms with Gasteiger partial charge in [0.25, 0.3) is 0 Å². The van der Waals surface area contributed by atoms with Gasteiger partial charge in [0, 0.05) is 24.4 Å². The van der Waals surface area contributed by atoms with E-state index in [9.17, 15) is 9.59 Å². The van der Waals surface area contributed by atoms with Gasteiger partial charge in [-0.25, -0.2) is 9.78 Å². The summed E-state index contributed by atoms with van der Waals surface area (Å²) in [5.74, 6) is -0.485. The van der Waals surface area contributed by atoms with Gasteiger partial charge in [0.05, 0.1) is 19.1 Å². The van der Waals surface area contributed by atoms with Gasteiger partial charge in [-0.05, 0) is 18.1 Å². The number of nitrogens with zero attached hydrogens (tertiary/aromatic N) is 3. The molecule has 23 heavy (non-hydrogen) atoms. The summed E-state index contributed by atoms with van der Waals surface area (Å²) in [5, 5.41) is 8.93. The number of hydrogen-bond donors (Lipinski definition) is 0. The highest BCUT2D eigenvalue weighted by Crippen LogP contribution is 2.33. The first-order valence-corrected chi connectivity index (χ1v) is 7.39. The van der Waals surface area contributed by atoms with E-state index in [-0.39, 0.29) is 24.6 Å². The first kappa shape index (κ1) is 15.0. The molecule has 0 saturated heterocycles. The van der Waals surface area contributed by atoms with E-state index in [2.05, 4.69) is 11.1 Å². The third-order valence-electron chi connectivity index (χ3n) is 3.97. The van der Waals surface area contributed by atoms with Crippen molar-refractivity contribution >= 4 is 11.8 Å². The van der Waals surface area contributed by atoms with Gasteiger partial charge in [-0.1, -0.05) is 18.2 Å². The zero-order valence-corrected chi connectivity index (χ0v) is 12.7. The Hall–Kier alpha value is -2.94. The lowest BCUT2D eigenvalue weighted by molar-refractivity contribution is 0.0504. The summed E-state index contributed by atoms with van der Waals surface area (Å²) < 4.78 is 6.55. The van der Waals surface area contributed by atoms with Crippen LogP contribution in [0.1, 0.15) is 45.1 Å². The maximum Gasteiger partial charge on any atom is 0.374 e. The van der Waals surface area contributed by atoms with E-state index in [1.807, 2.05) is 6.07 Å². The van der Waals surface area contributed by atoms with Crippen LogP contribution >= 0.6 is 0 Å². The maximum absolute atomic E-state index is 12.7. The molecule has 6 nitrogen and oxygen atoms in total. The lowest BCUT2D eigenvalue weighted by Crippen LogP contribution is -2.21. The molecule has 1 aromatic carbocycles. The van der Waals surface area contributed by atoms with E-state index in [0.717, 1.165) is 11.1 Å². The Morgan fingerprint density at radius 2 is 2.35 bits per heavy atom. The van der Waals surface area contributed by atoms with Gasteiger partial charge in [-0.15, -0.1) is 0 Å². The van der Waals surface area contributed by atoms with Crippen LogP contribution in [0.2, 0.25) is 0 Å². The molecule has 0 saturated carbocycles. The number of carbonyl (C=O) groups excluding carboxylic acids is 2. The molecule has 3 rings (SSSR count). The minimum Gasteiger partial charge on any atom is -0.460 e. The number of benzene rings is 1. The van der Waals surface area contributed by atoms with Crippen LogP contribution in [-0.4, -0.2) is 27.9 Å². The number of carbonyl (C=O) groups is 2. The molecule has 6 heteroatoms. The van der Waals surface area contributed by atoms with Crippen molar-refractivity contribution in [2.24, 2.45) is 0 Å². The van der Waals surface area contributed by atoms with Crippen LogP contribution in [0.15, 0.2) is 30.6 Å². The van der Waals surface area contributed by atoms with Gasteiger partial charge in [-0.3, -0.25) is 4.79 Å². The number of aromatic nitrogens is 2. The molecule has 0 aliphatic heterocycles. The summed E-state index contributed by atoms with van der Waals surface area (Å²) in [7, 11) is 0. The molecule has 1 aromatic heterocycles. The zero-order valence-electron chi connectivity index (χ0n) is 12.7. The normalized spacial score (nSPS) is 16.0. The molecule has 2 aromatic rings. The van der Waals surface area contributed by atoms with E-state index in [1.54, 1.807) is 29.8 Å². The van der Waals surface area contributed by atoms with Crippen LogP contribution < -0.4 is 0 Å². The smallest absolute Gasteiger partial charge is 0.374 e. The van der Waals surface area contributed by atoms with Crippen LogP contribution in [-0.2, 0) is 17.6 Å². The van der Waals surface area contributed by atoms with Gasteiger partial charge < -0.3 is 9.30 Å². The highest BCUT2D eigenvalue weighted by atomic mass is 16.5. The molecule has 1 aliphatic carbocycles. The van der Waals surface area contributed by atoms with Crippen LogP contribution in [0.3, 0.4) is 0 Å². The number of nitriles is 1. The van der Waals surface area contributed by atoms with Crippen molar-refractivity contribution in [1.82, 2.24) is 9.55 Å². The molecule has 1 atom stereocenters. The third-order valence-corrected chi connectivity index (χ3v) is 3.97. The number of rotatable bonds is 4.